The molecule has 0 saturated heterocycles. The van der Waals surface area contributed by atoms with Gasteiger partial charge in [-0.2, -0.15) is 0 Å². The van der Waals surface area contributed by atoms with Crippen LogP contribution in [0, 0.1) is 26.7 Å². The number of rotatable bonds is 3. The highest BCUT2D eigenvalue weighted by Crippen LogP contribution is 2.51. The molecular weight excluding hydrogens is 380 g/mol. The maximum atomic E-state index is 13.3. The molecule has 3 nitrogen and oxygen atoms in total. The van der Waals surface area contributed by atoms with Crippen LogP contribution in [0.1, 0.15) is 88.7 Å². The van der Waals surface area contributed by atoms with Gasteiger partial charge in [-0.05, 0) is 74.3 Å². The second kappa shape index (κ2) is 8.18. The third kappa shape index (κ3) is 3.69. The smallest absolute Gasteiger partial charge is 0.253 e. The van der Waals surface area contributed by atoms with Gasteiger partial charge in [0.05, 0.1) is 17.3 Å². The average molecular weight is 415 g/mol. The first kappa shape index (κ1) is 20.4. The number of benzene rings is 2. The number of nitrogens with one attached hydrogen (secondary N) is 2. The van der Waals surface area contributed by atoms with Gasteiger partial charge in [0.15, 0.2) is 0 Å². The van der Waals surface area contributed by atoms with Crippen LogP contribution in [-0.4, -0.2) is 11.9 Å². The summed E-state index contributed by atoms with van der Waals surface area (Å²) in [5.41, 5.74) is 8.50. The van der Waals surface area contributed by atoms with E-state index in [4.69, 9.17) is 0 Å². The Labute approximate surface area is 186 Å². The molecule has 2 aliphatic carbocycles. The number of para-hydroxylation sites is 1. The molecule has 1 fully saturated rings. The summed E-state index contributed by atoms with van der Waals surface area (Å²) >= 11 is 0. The molecular formula is C28H34N2O. The van der Waals surface area contributed by atoms with Gasteiger partial charge >= 0.3 is 0 Å². The van der Waals surface area contributed by atoms with Crippen molar-refractivity contribution in [3.63, 3.8) is 0 Å². The second-order valence-corrected chi connectivity index (χ2v) is 9.87. The van der Waals surface area contributed by atoms with E-state index >= 15 is 0 Å². The van der Waals surface area contributed by atoms with Crippen molar-refractivity contribution in [2.75, 3.05) is 5.32 Å². The van der Waals surface area contributed by atoms with Gasteiger partial charge in [-0.3, -0.25) is 4.79 Å². The van der Waals surface area contributed by atoms with Crippen molar-refractivity contribution >= 4 is 11.6 Å². The molecule has 0 bridgehead atoms. The molecule has 0 aromatic heterocycles. The van der Waals surface area contributed by atoms with Crippen LogP contribution >= 0.6 is 0 Å². The van der Waals surface area contributed by atoms with Crippen LogP contribution in [0.15, 0.2) is 42.5 Å². The molecule has 3 heteroatoms. The molecule has 1 aliphatic heterocycles. The zero-order valence-corrected chi connectivity index (χ0v) is 19.0. The molecule has 3 unspecified atom stereocenters. The first-order chi connectivity index (χ1) is 15.0. The molecule has 3 atom stereocenters. The van der Waals surface area contributed by atoms with Crippen LogP contribution in [-0.2, 0) is 0 Å². The van der Waals surface area contributed by atoms with Gasteiger partial charge in [0.25, 0.3) is 5.91 Å². The molecule has 0 radical (unpaired) electrons. The van der Waals surface area contributed by atoms with Crippen LogP contribution in [0.3, 0.4) is 0 Å². The first-order valence-electron chi connectivity index (χ1n) is 12.0. The number of amides is 1. The average Bonchev–Trinajstić information content (AvgIpc) is 3.24. The summed E-state index contributed by atoms with van der Waals surface area (Å²) in [6.07, 6.45) is 11.7. The molecule has 162 valence electrons. The van der Waals surface area contributed by atoms with E-state index in [9.17, 15) is 4.79 Å². The Bertz CT molecular complexity index is 1010. The standard InChI is InChI=1S/C28H34N2O/c1-17-15-18(2)25(19(3)16-17)27-23-13-7-11-21(23)22-12-8-14-24(26(22)30-27)28(31)29-20-9-5-4-6-10-20/h7-8,11-12,14-16,20-21,23,27,30H,4-6,9-10,13H2,1-3H3,(H,29,31). The highest BCUT2D eigenvalue weighted by molar-refractivity contribution is 6.01. The van der Waals surface area contributed by atoms with Crippen LogP contribution in [0.25, 0.3) is 0 Å². The number of fused-ring (bicyclic) bond motifs is 3. The van der Waals surface area contributed by atoms with E-state index in [1.54, 1.807) is 0 Å². The molecule has 5 rings (SSSR count). The fourth-order valence-corrected chi connectivity index (χ4v) is 6.29. The van der Waals surface area contributed by atoms with Crippen LogP contribution < -0.4 is 10.6 Å². The second-order valence-electron chi connectivity index (χ2n) is 9.87. The predicted molar refractivity (Wildman–Crippen MR) is 128 cm³/mol. The Kier molecular flexibility index (Phi) is 5.37. The maximum Gasteiger partial charge on any atom is 0.253 e. The van der Waals surface area contributed by atoms with Crippen molar-refractivity contribution in [3.05, 3.63) is 75.9 Å². The van der Waals surface area contributed by atoms with E-state index in [0.29, 0.717) is 17.9 Å². The first-order valence-corrected chi connectivity index (χ1v) is 12.0. The van der Waals surface area contributed by atoms with E-state index in [0.717, 1.165) is 30.5 Å². The number of anilines is 1. The number of carbonyl (C=O) groups is 1. The minimum Gasteiger partial charge on any atom is -0.377 e. The van der Waals surface area contributed by atoms with Crippen LogP contribution in [0.4, 0.5) is 5.69 Å². The minimum absolute atomic E-state index is 0.0766. The Morgan fingerprint density at radius 1 is 1.03 bits per heavy atom. The Balaban J connectivity index is 1.53. The molecule has 3 aliphatic rings. The monoisotopic (exact) mass is 414 g/mol. The zero-order chi connectivity index (χ0) is 21.5. The normalized spacial score (nSPS) is 24.9. The summed E-state index contributed by atoms with van der Waals surface area (Å²) < 4.78 is 0. The predicted octanol–water partition coefficient (Wildman–Crippen LogP) is 6.50. The number of carbonyl (C=O) groups excluding carboxylic acids is 1. The van der Waals surface area contributed by atoms with Gasteiger partial charge < -0.3 is 10.6 Å². The third-order valence-electron chi connectivity index (χ3n) is 7.63. The maximum absolute atomic E-state index is 13.3. The van der Waals surface area contributed by atoms with Gasteiger partial charge in [0.1, 0.15) is 0 Å². The van der Waals surface area contributed by atoms with E-state index in [1.165, 1.54) is 47.1 Å². The highest BCUT2D eigenvalue weighted by atomic mass is 16.1. The van der Waals surface area contributed by atoms with Crippen molar-refractivity contribution in [2.24, 2.45) is 5.92 Å². The summed E-state index contributed by atoms with van der Waals surface area (Å²) in [5.74, 6) is 0.931. The van der Waals surface area contributed by atoms with Crippen molar-refractivity contribution in [3.8, 4) is 0 Å². The number of aryl methyl sites for hydroxylation is 3. The Hall–Kier alpha value is -2.55. The van der Waals surface area contributed by atoms with Crippen molar-refractivity contribution in [2.45, 2.75) is 77.3 Å². The van der Waals surface area contributed by atoms with Crippen LogP contribution in [0.2, 0.25) is 0 Å². The number of allylic oxidation sites excluding steroid dienone is 2. The SMILES string of the molecule is Cc1cc(C)c(C2Nc3c(C(=O)NC4CCCCC4)cccc3C3C=CCC32)c(C)c1. The molecule has 2 aromatic carbocycles. The molecule has 31 heavy (non-hydrogen) atoms. The van der Waals surface area contributed by atoms with Crippen LogP contribution in [0.5, 0.6) is 0 Å². The van der Waals surface area contributed by atoms with Gasteiger partial charge in [0, 0.05) is 12.0 Å². The van der Waals surface area contributed by atoms with E-state index in [2.05, 4.69) is 67.8 Å². The topological polar surface area (TPSA) is 41.1 Å². The summed E-state index contributed by atoms with van der Waals surface area (Å²) in [6, 6.07) is 11.4. The van der Waals surface area contributed by atoms with E-state index in [-0.39, 0.29) is 11.9 Å². The Morgan fingerprint density at radius 2 is 1.77 bits per heavy atom. The fourth-order valence-electron chi connectivity index (χ4n) is 6.29. The lowest BCUT2D eigenvalue weighted by Crippen LogP contribution is -2.38. The lowest BCUT2D eigenvalue weighted by atomic mass is 9.74. The zero-order valence-electron chi connectivity index (χ0n) is 19.0. The largest absolute Gasteiger partial charge is 0.377 e. The molecule has 2 aromatic rings. The van der Waals surface area contributed by atoms with Gasteiger partial charge in [-0.1, -0.05) is 61.2 Å². The minimum atomic E-state index is 0.0766. The highest BCUT2D eigenvalue weighted by Gasteiger charge is 2.40. The third-order valence-corrected chi connectivity index (χ3v) is 7.63. The van der Waals surface area contributed by atoms with E-state index in [1.807, 2.05) is 6.07 Å². The summed E-state index contributed by atoms with van der Waals surface area (Å²) in [6.45, 7) is 6.62. The quantitative estimate of drug-likeness (QED) is 0.563. The molecule has 1 saturated carbocycles. The van der Waals surface area contributed by atoms with Crippen molar-refractivity contribution in [1.82, 2.24) is 5.32 Å². The van der Waals surface area contributed by atoms with Crippen molar-refractivity contribution in [1.29, 1.82) is 0 Å². The summed E-state index contributed by atoms with van der Waals surface area (Å²) in [4.78, 5) is 13.3. The molecule has 2 N–H and O–H groups in total. The van der Waals surface area contributed by atoms with Gasteiger partial charge in [-0.25, -0.2) is 0 Å². The van der Waals surface area contributed by atoms with Gasteiger partial charge in [0.2, 0.25) is 0 Å². The lowest BCUT2D eigenvalue weighted by molar-refractivity contribution is 0.0928. The summed E-state index contributed by atoms with van der Waals surface area (Å²) in [5, 5.41) is 7.20. The summed E-state index contributed by atoms with van der Waals surface area (Å²) in [7, 11) is 0. The lowest BCUT2D eigenvalue weighted by Gasteiger charge is -2.39. The van der Waals surface area contributed by atoms with Crippen molar-refractivity contribution < 1.29 is 4.79 Å². The molecule has 1 amide bonds. The number of hydrogen-bond donors (Lipinski definition) is 2. The molecule has 1 heterocycles. The molecule has 0 spiro atoms. The van der Waals surface area contributed by atoms with Gasteiger partial charge in [-0.15, -0.1) is 0 Å². The Morgan fingerprint density at radius 3 is 2.52 bits per heavy atom. The number of hydrogen-bond acceptors (Lipinski definition) is 2. The fraction of sp³-hybridized carbons (Fsp3) is 0.464. The van der Waals surface area contributed by atoms with E-state index < -0.39 is 0 Å².